The molecule has 39 heavy (non-hydrogen) atoms. The molecule has 9 nitrogen and oxygen atoms in total. The summed E-state index contributed by atoms with van der Waals surface area (Å²) in [6, 6.07) is 8.55. The van der Waals surface area contributed by atoms with Crippen LogP contribution in [0.15, 0.2) is 44.8 Å². The van der Waals surface area contributed by atoms with Gasteiger partial charge in [-0.15, -0.1) is 0 Å². The maximum atomic E-state index is 14.0. The minimum atomic E-state index is -0.758. The summed E-state index contributed by atoms with van der Waals surface area (Å²) in [4.78, 5) is 47.8. The van der Waals surface area contributed by atoms with Gasteiger partial charge in [0.15, 0.2) is 0 Å². The fraction of sp³-hybridized carbons (Fsp3) is 0.633. The smallest absolute Gasteiger partial charge is 0.300 e. The van der Waals surface area contributed by atoms with E-state index in [-0.39, 0.29) is 17.4 Å². The second-order valence-corrected chi connectivity index (χ2v) is 12.8. The van der Waals surface area contributed by atoms with Crippen molar-refractivity contribution in [2.75, 3.05) is 6.54 Å². The molecule has 3 aromatic rings. The van der Waals surface area contributed by atoms with Crippen molar-refractivity contribution in [1.29, 1.82) is 0 Å². The van der Waals surface area contributed by atoms with Crippen LogP contribution in [0.4, 0.5) is 0 Å². The number of hydrogen-bond donors (Lipinski definition) is 1. The van der Waals surface area contributed by atoms with Gasteiger partial charge in [0, 0.05) is 24.7 Å². The number of hydrogen-bond acceptors (Lipinski definition) is 6. The van der Waals surface area contributed by atoms with Crippen LogP contribution in [-0.2, 0) is 0 Å². The number of benzene rings is 1. The third-order valence-electron chi connectivity index (χ3n) is 10.3. The van der Waals surface area contributed by atoms with Crippen LogP contribution in [0, 0.1) is 23.7 Å². The van der Waals surface area contributed by atoms with Gasteiger partial charge in [0.05, 0.1) is 11.0 Å². The Balaban J connectivity index is 1.24. The first-order valence-electron chi connectivity index (χ1n) is 14.9. The van der Waals surface area contributed by atoms with Gasteiger partial charge in [-0.1, -0.05) is 38.3 Å². The van der Waals surface area contributed by atoms with E-state index in [1.807, 2.05) is 28.8 Å². The average molecular weight is 531 g/mol. The summed E-state index contributed by atoms with van der Waals surface area (Å²) in [5.41, 5.74) is -0.270. The van der Waals surface area contributed by atoms with Crippen LogP contribution >= 0.6 is 0 Å². The molecule has 0 amide bonds. The van der Waals surface area contributed by atoms with E-state index >= 15 is 0 Å². The highest BCUT2D eigenvalue weighted by Gasteiger charge is 2.44. The molecule has 2 saturated carbocycles. The highest BCUT2D eigenvalue weighted by atomic mass is 16.2. The van der Waals surface area contributed by atoms with Gasteiger partial charge in [-0.2, -0.15) is 9.78 Å². The Morgan fingerprint density at radius 3 is 2.51 bits per heavy atom. The SMILES string of the molecule is C[C@@H]1CC[C@H]2C[C@@H](n3c(=O)c(-n4ncc(=O)[nH]c4=O)nc4ccccc43)C[C@@H]1N2C[C@H]1C[C@@H]2CCC[C@@H](C2)C1. The number of H-pyrrole nitrogens is 1. The number of para-hydroxylation sites is 2. The molecule has 2 aliphatic carbocycles. The molecule has 0 radical (unpaired) electrons. The zero-order chi connectivity index (χ0) is 26.7. The number of nitrogens with zero attached hydrogens (tertiary/aromatic N) is 5. The van der Waals surface area contributed by atoms with Crippen molar-refractivity contribution in [2.45, 2.75) is 89.3 Å². The van der Waals surface area contributed by atoms with Crippen molar-refractivity contribution < 1.29 is 0 Å². The van der Waals surface area contributed by atoms with Gasteiger partial charge in [0.2, 0.25) is 5.82 Å². The van der Waals surface area contributed by atoms with Crippen molar-refractivity contribution in [3.05, 3.63) is 61.7 Å². The Hall–Kier alpha value is -3.07. The summed E-state index contributed by atoms with van der Waals surface area (Å²) in [7, 11) is 0. The van der Waals surface area contributed by atoms with Crippen LogP contribution in [0.25, 0.3) is 16.9 Å². The summed E-state index contributed by atoms with van der Waals surface area (Å²) in [5.74, 6) is 3.18. The van der Waals surface area contributed by atoms with Crippen molar-refractivity contribution in [3.8, 4) is 5.82 Å². The summed E-state index contributed by atoms with van der Waals surface area (Å²) in [6.45, 7) is 3.59. The zero-order valence-electron chi connectivity index (χ0n) is 22.7. The molecule has 2 aromatic heterocycles. The summed E-state index contributed by atoms with van der Waals surface area (Å²) in [6.07, 6.45) is 13.8. The van der Waals surface area contributed by atoms with Crippen LogP contribution in [0.2, 0.25) is 0 Å². The Labute approximate surface area is 227 Å². The lowest BCUT2D eigenvalue weighted by Crippen LogP contribution is -2.57. The molecule has 0 unspecified atom stereocenters. The number of nitrogens with one attached hydrogen (secondary N) is 1. The first-order chi connectivity index (χ1) is 18.9. The minimum Gasteiger partial charge on any atom is -0.300 e. The first-order valence-corrected chi connectivity index (χ1v) is 14.9. The molecule has 1 aromatic carbocycles. The van der Waals surface area contributed by atoms with Gasteiger partial charge in [0.25, 0.3) is 11.1 Å². The molecule has 1 N–H and O–H groups in total. The molecule has 2 aliphatic heterocycles. The standard InChI is InChI=1S/C30H38N6O3/c1-18-9-10-22-14-23(15-26(18)34(22)17-21-12-19-5-4-6-20(11-19)13-21)35-25-8-3-2-7-24(25)32-28(29(35)38)36-30(39)33-27(37)16-31-36/h2-3,7-8,16,18-23,26H,4-6,9-15,17H2,1H3,(H,33,37,39)/t18-,19-,20+,21+,22+,23-,26+/m1/s1. The number of aromatic amines is 1. The third kappa shape index (κ3) is 4.48. The van der Waals surface area contributed by atoms with E-state index in [2.05, 4.69) is 26.9 Å². The van der Waals surface area contributed by atoms with E-state index in [1.54, 1.807) is 0 Å². The molecular formula is C30H38N6O3. The van der Waals surface area contributed by atoms with Gasteiger partial charge in [0.1, 0.15) is 6.20 Å². The van der Waals surface area contributed by atoms with Crippen molar-refractivity contribution in [2.24, 2.45) is 23.7 Å². The second kappa shape index (κ2) is 9.84. The van der Waals surface area contributed by atoms with E-state index in [1.165, 1.54) is 57.9 Å². The predicted octanol–water partition coefficient (Wildman–Crippen LogP) is 3.65. The van der Waals surface area contributed by atoms with Gasteiger partial charge in [-0.05, 0) is 80.8 Å². The van der Waals surface area contributed by atoms with Crippen molar-refractivity contribution in [3.63, 3.8) is 0 Å². The fourth-order valence-electron chi connectivity index (χ4n) is 8.68. The molecule has 9 heteroatoms. The van der Waals surface area contributed by atoms with E-state index in [0.717, 1.165) is 47.0 Å². The molecular weight excluding hydrogens is 492 g/mol. The van der Waals surface area contributed by atoms with Crippen molar-refractivity contribution in [1.82, 2.24) is 29.2 Å². The Bertz CT molecular complexity index is 1550. The number of aromatic nitrogens is 5. The highest BCUT2D eigenvalue weighted by molar-refractivity contribution is 5.75. The molecule has 7 atom stereocenters. The number of fused-ring (bicyclic) bond motifs is 5. The minimum absolute atomic E-state index is 0.0161. The quantitative estimate of drug-likeness (QED) is 0.552. The Kier molecular flexibility index (Phi) is 6.29. The number of rotatable bonds is 4. The summed E-state index contributed by atoms with van der Waals surface area (Å²) in [5, 5.41) is 3.95. The molecule has 4 aliphatic rings. The predicted molar refractivity (Wildman–Crippen MR) is 149 cm³/mol. The van der Waals surface area contributed by atoms with Gasteiger partial charge < -0.3 is 4.57 Å². The molecule has 4 bridgehead atoms. The van der Waals surface area contributed by atoms with Crippen molar-refractivity contribution >= 4 is 11.0 Å². The summed E-state index contributed by atoms with van der Waals surface area (Å²) < 4.78 is 2.79. The second-order valence-electron chi connectivity index (χ2n) is 12.8. The lowest BCUT2D eigenvalue weighted by atomic mass is 9.67. The lowest BCUT2D eigenvalue weighted by molar-refractivity contribution is -0.0338. The zero-order valence-corrected chi connectivity index (χ0v) is 22.7. The molecule has 7 rings (SSSR count). The van der Waals surface area contributed by atoms with E-state index < -0.39 is 11.2 Å². The maximum Gasteiger partial charge on any atom is 0.351 e. The molecule has 4 fully saturated rings. The fourth-order valence-corrected chi connectivity index (χ4v) is 8.68. The van der Waals surface area contributed by atoms with Gasteiger partial charge in [-0.3, -0.25) is 19.5 Å². The Morgan fingerprint density at radius 1 is 0.923 bits per heavy atom. The van der Waals surface area contributed by atoms with Gasteiger partial charge >= 0.3 is 5.69 Å². The van der Waals surface area contributed by atoms with Crippen LogP contribution in [-0.4, -0.2) is 47.8 Å². The molecule has 4 heterocycles. The van der Waals surface area contributed by atoms with Crippen LogP contribution in [0.1, 0.15) is 77.2 Å². The normalized spacial score (nSPS) is 32.8. The number of piperidine rings is 2. The molecule has 2 saturated heterocycles. The lowest BCUT2D eigenvalue weighted by Gasteiger charge is -2.54. The van der Waals surface area contributed by atoms with Crippen LogP contribution < -0.4 is 16.8 Å². The largest absolute Gasteiger partial charge is 0.351 e. The average Bonchev–Trinajstić information content (AvgIpc) is 2.91. The van der Waals surface area contributed by atoms with Crippen LogP contribution in [0.3, 0.4) is 0 Å². The molecule has 0 spiro atoms. The maximum absolute atomic E-state index is 14.0. The van der Waals surface area contributed by atoms with E-state index in [4.69, 9.17) is 0 Å². The first kappa shape index (κ1) is 24.9. The van der Waals surface area contributed by atoms with Gasteiger partial charge in [-0.25, -0.2) is 9.78 Å². The van der Waals surface area contributed by atoms with E-state index in [9.17, 15) is 14.4 Å². The topological polar surface area (TPSA) is 106 Å². The third-order valence-corrected chi connectivity index (χ3v) is 10.3. The van der Waals surface area contributed by atoms with E-state index in [0.29, 0.717) is 23.5 Å². The Morgan fingerprint density at radius 2 is 1.72 bits per heavy atom. The highest BCUT2D eigenvalue weighted by Crippen LogP contribution is 2.46. The van der Waals surface area contributed by atoms with Crippen LogP contribution in [0.5, 0.6) is 0 Å². The monoisotopic (exact) mass is 530 g/mol. The summed E-state index contributed by atoms with van der Waals surface area (Å²) >= 11 is 0. The molecule has 206 valence electrons.